The number of halogens is 3. The van der Waals surface area contributed by atoms with E-state index in [0.29, 0.717) is 12.3 Å². The molecule has 2 aromatic rings. The number of aliphatic carboxylic acids is 1. The van der Waals surface area contributed by atoms with Gasteiger partial charge in [-0.1, -0.05) is 30.7 Å². The van der Waals surface area contributed by atoms with Crippen LogP contribution in [0.2, 0.25) is 0 Å². The van der Waals surface area contributed by atoms with Gasteiger partial charge in [0.2, 0.25) is 0 Å². The van der Waals surface area contributed by atoms with Crippen LogP contribution < -0.4 is 0 Å². The van der Waals surface area contributed by atoms with Crippen LogP contribution in [0.3, 0.4) is 0 Å². The number of carboxylic acids is 1. The number of thioether (sulfide) groups is 1. The Morgan fingerprint density at radius 2 is 2.12 bits per heavy atom. The van der Waals surface area contributed by atoms with Gasteiger partial charge in [0.05, 0.1) is 11.6 Å². The van der Waals surface area contributed by atoms with E-state index in [2.05, 4.69) is 12.1 Å². The maximum absolute atomic E-state index is 13.0. The van der Waals surface area contributed by atoms with Crippen molar-refractivity contribution in [3.63, 3.8) is 0 Å². The number of carbonyl (C=O) groups is 1. The van der Waals surface area contributed by atoms with Crippen LogP contribution in [-0.4, -0.2) is 28.0 Å². The lowest BCUT2D eigenvalue weighted by atomic mass is 9.96. The molecule has 0 fully saturated rings. The molecule has 1 aromatic heterocycles. The molecule has 0 spiro atoms. The first-order valence-corrected chi connectivity index (χ1v) is 13.4. The number of carboxylic acid groups (broad SMARTS) is 1. The smallest absolute Gasteiger partial charge is 0.395 e. The molecule has 2 aliphatic rings. The molecule has 2 aliphatic carbocycles. The van der Waals surface area contributed by atoms with Crippen molar-refractivity contribution in [3.05, 3.63) is 63.1 Å². The van der Waals surface area contributed by atoms with E-state index in [9.17, 15) is 18.0 Å². The SMILES string of the molecule is Cc1cc(SCC2CCCCc3sc(C4=CCC(C(F)(F)F)C=C4)nc32)ccc1CCC(=O)O. The highest BCUT2D eigenvalue weighted by atomic mass is 32.2. The summed E-state index contributed by atoms with van der Waals surface area (Å²) in [4.78, 5) is 18.2. The fraction of sp³-hybridized carbons (Fsp3) is 0.462. The normalized spacial score (nSPS) is 20.5. The molecule has 34 heavy (non-hydrogen) atoms. The van der Waals surface area contributed by atoms with Gasteiger partial charge in [-0.2, -0.15) is 13.2 Å². The summed E-state index contributed by atoms with van der Waals surface area (Å²) in [5, 5.41) is 9.75. The van der Waals surface area contributed by atoms with Crippen molar-refractivity contribution in [2.45, 2.75) is 68.9 Å². The number of alkyl halides is 3. The average Bonchev–Trinajstić information content (AvgIpc) is 3.12. The second kappa shape index (κ2) is 10.7. The summed E-state index contributed by atoms with van der Waals surface area (Å²) in [5.74, 6) is -0.980. The predicted octanol–water partition coefficient (Wildman–Crippen LogP) is 7.59. The second-order valence-electron chi connectivity index (χ2n) is 8.97. The number of allylic oxidation sites excluding steroid dienone is 4. The van der Waals surface area contributed by atoms with Crippen LogP contribution in [0, 0.1) is 12.8 Å². The number of nitrogens with zero attached hydrogens (tertiary/aromatic N) is 1. The zero-order valence-electron chi connectivity index (χ0n) is 19.0. The van der Waals surface area contributed by atoms with Gasteiger partial charge in [-0.15, -0.1) is 23.1 Å². The Kier molecular flexibility index (Phi) is 7.87. The molecule has 0 aliphatic heterocycles. The number of thiazole rings is 1. The standard InChI is InChI=1S/C26H28F3NO2S2/c1-16-14-21(12-8-17(16)9-13-23(31)32)33-15-19-4-2-3-5-22-24(19)30-25(34-22)18-6-10-20(11-7-18)26(27,28)29/h6-8,10,12,14,19-20H,2-5,9,11,13,15H2,1H3,(H,31,32). The number of fused-ring (bicyclic) bond motifs is 1. The van der Waals surface area contributed by atoms with Crippen LogP contribution in [0.5, 0.6) is 0 Å². The molecule has 8 heteroatoms. The van der Waals surface area contributed by atoms with Crippen molar-refractivity contribution in [1.29, 1.82) is 0 Å². The molecular formula is C26H28F3NO2S2. The summed E-state index contributed by atoms with van der Waals surface area (Å²) in [7, 11) is 0. The summed E-state index contributed by atoms with van der Waals surface area (Å²) in [6.45, 7) is 2.02. The molecule has 1 heterocycles. The summed E-state index contributed by atoms with van der Waals surface area (Å²) in [6.07, 6.45) is 5.25. The Hall–Kier alpha value is -2.06. The van der Waals surface area contributed by atoms with Crippen molar-refractivity contribution < 1.29 is 23.1 Å². The third-order valence-corrected chi connectivity index (χ3v) is 8.80. The van der Waals surface area contributed by atoms with Crippen molar-refractivity contribution in [2.24, 2.45) is 5.92 Å². The summed E-state index contributed by atoms with van der Waals surface area (Å²) in [5.41, 5.74) is 4.09. The van der Waals surface area contributed by atoms with Crippen molar-refractivity contribution >= 4 is 34.6 Å². The van der Waals surface area contributed by atoms with Crippen LogP contribution in [0.25, 0.3) is 5.57 Å². The highest BCUT2D eigenvalue weighted by Crippen LogP contribution is 2.41. The van der Waals surface area contributed by atoms with Gasteiger partial charge >= 0.3 is 12.1 Å². The zero-order valence-corrected chi connectivity index (χ0v) is 20.7. The fourth-order valence-electron chi connectivity index (χ4n) is 4.46. The molecule has 1 N–H and O–H groups in total. The highest BCUT2D eigenvalue weighted by Gasteiger charge is 2.38. The minimum Gasteiger partial charge on any atom is -0.481 e. The number of aryl methyl sites for hydroxylation is 3. The van der Waals surface area contributed by atoms with Gasteiger partial charge in [0.1, 0.15) is 5.01 Å². The molecule has 0 bridgehead atoms. The van der Waals surface area contributed by atoms with E-state index in [4.69, 9.17) is 10.1 Å². The van der Waals surface area contributed by atoms with Gasteiger partial charge in [0.25, 0.3) is 0 Å². The first kappa shape index (κ1) is 25.0. The van der Waals surface area contributed by atoms with E-state index in [1.807, 2.05) is 13.0 Å². The zero-order chi connectivity index (χ0) is 24.3. The number of rotatable bonds is 7. The minimum absolute atomic E-state index is 0.0271. The number of aromatic nitrogens is 1. The topological polar surface area (TPSA) is 50.2 Å². The maximum atomic E-state index is 13.0. The molecule has 3 nitrogen and oxygen atoms in total. The van der Waals surface area contributed by atoms with Crippen LogP contribution in [0.4, 0.5) is 13.2 Å². The quantitative estimate of drug-likeness (QED) is 0.310. The summed E-state index contributed by atoms with van der Waals surface area (Å²) < 4.78 is 38.9. The number of benzene rings is 1. The minimum atomic E-state index is -4.20. The third kappa shape index (κ3) is 6.13. The van der Waals surface area contributed by atoms with Gasteiger partial charge in [-0.25, -0.2) is 4.98 Å². The molecule has 4 rings (SSSR count). The average molecular weight is 508 g/mol. The second-order valence-corrected chi connectivity index (χ2v) is 11.1. The monoisotopic (exact) mass is 507 g/mol. The first-order valence-electron chi connectivity index (χ1n) is 11.6. The van der Waals surface area contributed by atoms with E-state index in [0.717, 1.165) is 63.7 Å². The van der Waals surface area contributed by atoms with Crippen LogP contribution in [-0.2, 0) is 17.6 Å². The molecule has 0 amide bonds. The van der Waals surface area contributed by atoms with E-state index in [1.165, 1.54) is 11.0 Å². The summed E-state index contributed by atoms with van der Waals surface area (Å²) in [6, 6.07) is 6.21. The van der Waals surface area contributed by atoms with Crippen molar-refractivity contribution in [2.75, 3.05) is 5.75 Å². The lowest BCUT2D eigenvalue weighted by molar-refractivity contribution is -0.160. The van der Waals surface area contributed by atoms with E-state index < -0.39 is 18.1 Å². The molecule has 0 radical (unpaired) electrons. The Bertz CT molecular complexity index is 1100. The Morgan fingerprint density at radius 3 is 2.79 bits per heavy atom. The van der Waals surface area contributed by atoms with Gasteiger partial charge < -0.3 is 5.11 Å². The maximum Gasteiger partial charge on any atom is 0.395 e. The summed E-state index contributed by atoms with van der Waals surface area (Å²) >= 11 is 3.42. The Labute approximate surface area is 206 Å². The lowest BCUT2D eigenvalue weighted by Gasteiger charge is -2.18. The number of hydrogen-bond donors (Lipinski definition) is 1. The van der Waals surface area contributed by atoms with Crippen LogP contribution in [0.15, 0.2) is 41.3 Å². The van der Waals surface area contributed by atoms with Gasteiger partial charge in [0, 0.05) is 33.4 Å². The molecule has 182 valence electrons. The van der Waals surface area contributed by atoms with Crippen LogP contribution in [0.1, 0.15) is 64.7 Å². The molecular weight excluding hydrogens is 479 g/mol. The Morgan fingerprint density at radius 1 is 1.29 bits per heavy atom. The van der Waals surface area contributed by atoms with Gasteiger partial charge in [-0.05, 0) is 62.3 Å². The van der Waals surface area contributed by atoms with Gasteiger partial charge in [-0.3, -0.25) is 4.79 Å². The molecule has 2 unspecified atom stereocenters. The number of hydrogen-bond acceptors (Lipinski definition) is 4. The molecule has 2 atom stereocenters. The molecule has 0 saturated carbocycles. The van der Waals surface area contributed by atoms with Crippen molar-refractivity contribution in [3.8, 4) is 0 Å². The van der Waals surface area contributed by atoms with Crippen molar-refractivity contribution in [1.82, 2.24) is 4.98 Å². The van der Waals surface area contributed by atoms with E-state index in [1.54, 1.807) is 35.3 Å². The first-order chi connectivity index (χ1) is 16.2. The predicted molar refractivity (Wildman–Crippen MR) is 132 cm³/mol. The Balaban J connectivity index is 1.45. The molecule has 1 aromatic carbocycles. The van der Waals surface area contributed by atoms with Gasteiger partial charge in [0.15, 0.2) is 0 Å². The lowest BCUT2D eigenvalue weighted by Crippen LogP contribution is -2.21. The molecule has 0 saturated heterocycles. The fourth-order valence-corrected chi connectivity index (χ4v) is 6.81. The van der Waals surface area contributed by atoms with Crippen LogP contribution >= 0.6 is 23.1 Å². The third-order valence-electron chi connectivity index (χ3n) is 6.46. The van der Waals surface area contributed by atoms with E-state index in [-0.39, 0.29) is 12.8 Å². The van der Waals surface area contributed by atoms with E-state index >= 15 is 0 Å². The largest absolute Gasteiger partial charge is 0.481 e. The highest BCUT2D eigenvalue weighted by molar-refractivity contribution is 7.99.